The first-order chi connectivity index (χ1) is 12.4. The van der Waals surface area contributed by atoms with Crippen molar-refractivity contribution in [1.82, 2.24) is 5.32 Å². The van der Waals surface area contributed by atoms with Crippen molar-refractivity contribution in [3.8, 4) is 0 Å². The highest BCUT2D eigenvalue weighted by Gasteiger charge is 2.28. The van der Waals surface area contributed by atoms with Crippen LogP contribution in [0.25, 0.3) is 0 Å². The molecule has 1 saturated heterocycles. The second-order valence-electron chi connectivity index (χ2n) is 6.94. The van der Waals surface area contributed by atoms with E-state index in [0.29, 0.717) is 5.56 Å². The number of halogens is 1. The number of carbonyl (C=O) groups is 1. The maximum atomic E-state index is 13.7. The fraction of sp³-hybridized carbons (Fsp3) is 0.300. The highest BCUT2D eigenvalue weighted by atomic mass is 19.1. The van der Waals surface area contributed by atoms with Gasteiger partial charge in [-0.15, -0.1) is 0 Å². The van der Waals surface area contributed by atoms with Gasteiger partial charge in [-0.05, 0) is 49.2 Å². The van der Waals surface area contributed by atoms with E-state index in [0.717, 1.165) is 31.3 Å². The Morgan fingerprint density at radius 1 is 1.27 bits per heavy atom. The number of nitrogens with one attached hydrogen (secondary N) is 1. The van der Waals surface area contributed by atoms with Crippen molar-refractivity contribution in [3.05, 3.63) is 58.9 Å². The molecular formula is C20H23FN4O. The summed E-state index contributed by atoms with van der Waals surface area (Å²) in [4.78, 5) is 15.7. The Morgan fingerprint density at radius 3 is 2.62 bits per heavy atom. The molecule has 2 aromatic carbocycles. The molecule has 1 heterocycles. The van der Waals surface area contributed by atoms with Crippen LogP contribution in [0.2, 0.25) is 0 Å². The fourth-order valence-electron chi connectivity index (χ4n) is 3.37. The maximum Gasteiger partial charge on any atom is 0.253 e. The summed E-state index contributed by atoms with van der Waals surface area (Å²) in [5.74, 6) is -1.63. The summed E-state index contributed by atoms with van der Waals surface area (Å²) in [6.45, 7) is 4.31. The average Bonchev–Trinajstić information content (AvgIpc) is 2.62. The number of amides is 1. The molecule has 2 aromatic rings. The molecule has 1 atom stereocenters. The second kappa shape index (κ2) is 7.25. The number of rotatable bonds is 4. The minimum absolute atomic E-state index is 0.00124. The number of benzene rings is 2. The zero-order valence-electron chi connectivity index (χ0n) is 14.8. The van der Waals surface area contributed by atoms with Crippen molar-refractivity contribution in [1.29, 1.82) is 0 Å². The van der Waals surface area contributed by atoms with Crippen molar-refractivity contribution in [2.24, 2.45) is 10.7 Å². The van der Waals surface area contributed by atoms with Gasteiger partial charge in [0.25, 0.3) is 5.91 Å². The van der Waals surface area contributed by atoms with Gasteiger partial charge in [0, 0.05) is 23.7 Å². The van der Waals surface area contributed by atoms with Crippen LogP contribution in [0.1, 0.15) is 41.3 Å². The number of nitrogens with zero attached hydrogens (tertiary/aromatic N) is 1. The van der Waals surface area contributed by atoms with E-state index in [1.54, 1.807) is 0 Å². The minimum atomic E-state index is -0.895. The summed E-state index contributed by atoms with van der Waals surface area (Å²) in [5, 5.41) is 3.45. The summed E-state index contributed by atoms with van der Waals surface area (Å²) >= 11 is 0. The zero-order chi connectivity index (χ0) is 18.7. The van der Waals surface area contributed by atoms with E-state index in [4.69, 9.17) is 11.5 Å². The number of nitrogen functional groups attached to an aromatic ring is 1. The highest BCUT2D eigenvalue weighted by Crippen LogP contribution is 2.31. The van der Waals surface area contributed by atoms with E-state index < -0.39 is 11.7 Å². The van der Waals surface area contributed by atoms with Gasteiger partial charge in [0.15, 0.2) is 0 Å². The summed E-state index contributed by atoms with van der Waals surface area (Å²) in [6.07, 6.45) is 3.84. The van der Waals surface area contributed by atoms with Gasteiger partial charge in [-0.1, -0.05) is 19.1 Å². The molecule has 0 spiro atoms. The standard InChI is InChI=1S/C20H23FN4O/c1-20(9-2-10-24-12-20)14-4-6-15(7-5-14)25-11-13-3-8-16(21)17(18(13)22)19(23)26/h3-8,11,24H,2,9-10,12,22H2,1H3,(H2,23,26). The summed E-state index contributed by atoms with van der Waals surface area (Å²) < 4.78 is 13.7. The van der Waals surface area contributed by atoms with Crippen molar-refractivity contribution in [2.75, 3.05) is 18.8 Å². The molecule has 0 aliphatic carbocycles. The van der Waals surface area contributed by atoms with E-state index in [1.165, 1.54) is 24.3 Å². The first kappa shape index (κ1) is 18.1. The normalized spacial score (nSPS) is 20.4. The number of hydrogen-bond acceptors (Lipinski definition) is 4. The lowest BCUT2D eigenvalue weighted by Crippen LogP contribution is -2.40. The van der Waals surface area contributed by atoms with Crippen LogP contribution in [0.3, 0.4) is 0 Å². The van der Waals surface area contributed by atoms with Crippen LogP contribution in [-0.2, 0) is 5.41 Å². The number of primary amides is 1. The smallest absolute Gasteiger partial charge is 0.253 e. The van der Waals surface area contributed by atoms with Gasteiger partial charge in [0.2, 0.25) is 0 Å². The monoisotopic (exact) mass is 354 g/mol. The van der Waals surface area contributed by atoms with Gasteiger partial charge in [-0.2, -0.15) is 0 Å². The molecule has 26 heavy (non-hydrogen) atoms. The number of nitrogens with two attached hydrogens (primary N) is 2. The number of carbonyl (C=O) groups excluding carboxylic acids is 1. The SMILES string of the molecule is CC1(c2ccc(N=Cc3ccc(F)c(C(N)=O)c3N)cc2)CCCNC1. The van der Waals surface area contributed by atoms with E-state index in [-0.39, 0.29) is 16.7 Å². The molecule has 3 rings (SSSR count). The number of hydrogen-bond donors (Lipinski definition) is 3. The van der Waals surface area contributed by atoms with Gasteiger partial charge >= 0.3 is 0 Å². The number of anilines is 1. The van der Waals surface area contributed by atoms with Crippen molar-refractivity contribution in [3.63, 3.8) is 0 Å². The average molecular weight is 354 g/mol. The molecule has 0 aromatic heterocycles. The van der Waals surface area contributed by atoms with Crippen LogP contribution >= 0.6 is 0 Å². The van der Waals surface area contributed by atoms with Crippen molar-refractivity contribution >= 4 is 23.5 Å². The fourth-order valence-corrected chi connectivity index (χ4v) is 3.37. The van der Waals surface area contributed by atoms with Crippen LogP contribution in [-0.4, -0.2) is 25.2 Å². The van der Waals surface area contributed by atoms with Gasteiger partial charge in [0.05, 0.1) is 16.9 Å². The Hall–Kier alpha value is -2.73. The Labute approximate surface area is 152 Å². The molecule has 136 valence electrons. The Balaban J connectivity index is 1.81. The third-order valence-corrected chi connectivity index (χ3v) is 4.99. The molecule has 0 bridgehead atoms. The molecule has 1 aliphatic heterocycles. The predicted octanol–water partition coefficient (Wildman–Crippen LogP) is 2.90. The predicted molar refractivity (Wildman–Crippen MR) is 102 cm³/mol. The molecule has 5 N–H and O–H groups in total. The zero-order valence-corrected chi connectivity index (χ0v) is 14.8. The first-order valence-electron chi connectivity index (χ1n) is 8.64. The van der Waals surface area contributed by atoms with Crippen molar-refractivity contribution in [2.45, 2.75) is 25.2 Å². The maximum absolute atomic E-state index is 13.7. The lowest BCUT2D eigenvalue weighted by molar-refractivity contribution is 0.0997. The Morgan fingerprint density at radius 2 is 2.00 bits per heavy atom. The lowest BCUT2D eigenvalue weighted by Gasteiger charge is -2.34. The topological polar surface area (TPSA) is 93.5 Å². The molecular weight excluding hydrogens is 331 g/mol. The molecule has 0 radical (unpaired) electrons. The molecule has 1 fully saturated rings. The summed E-state index contributed by atoms with van der Waals surface area (Å²) in [5.41, 5.74) is 13.3. The molecule has 6 heteroatoms. The largest absolute Gasteiger partial charge is 0.397 e. The van der Waals surface area contributed by atoms with Gasteiger partial charge in [0.1, 0.15) is 5.82 Å². The van der Waals surface area contributed by atoms with E-state index in [9.17, 15) is 9.18 Å². The van der Waals surface area contributed by atoms with Gasteiger partial charge in [-0.3, -0.25) is 9.79 Å². The Kier molecular flexibility index (Phi) is 5.04. The van der Waals surface area contributed by atoms with Crippen LogP contribution < -0.4 is 16.8 Å². The van der Waals surface area contributed by atoms with Gasteiger partial charge in [-0.25, -0.2) is 4.39 Å². The molecule has 1 unspecified atom stereocenters. The van der Waals surface area contributed by atoms with E-state index in [1.807, 2.05) is 12.1 Å². The number of aliphatic imine (C=N–C) groups is 1. The third kappa shape index (κ3) is 3.60. The summed E-state index contributed by atoms with van der Waals surface area (Å²) in [6, 6.07) is 10.7. The molecule has 1 aliphatic rings. The van der Waals surface area contributed by atoms with E-state index in [2.05, 4.69) is 29.4 Å². The first-order valence-corrected chi connectivity index (χ1v) is 8.64. The molecule has 1 amide bonds. The van der Waals surface area contributed by atoms with Crippen LogP contribution in [0.4, 0.5) is 15.8 Å². The lowest BCUT2D eigenvalue weighted by atomic mass is 9.76. The second-order valence-corrected chi connectivity index (χ2v) is 6.94. The minimum Gasteiger partial charge on any atom is -0.397 e. The molecule has 0 saturated carbocycles. The van der Waals surface area contributed by atoms with Crippen molar-refractivity contribution < 1.29 is 9.18 Å². The molecule has 5 nitrogen and oxygen atoms in total. The van der Waals surface area contributed by atoms with Crippen LogP contribution in [0.15, 0.2) is 41.4 Å². The van der Waals surface area contributed by atoms with E-state index >= 15 is 0 Å². The Bertz CT molecular complexity index is 840. The third-order valence-electron chi connectivity index (χ3n) is 4.99. The number of piperidine rings is 1. The summed E-state index contributed by atoms with van der Waals surface area (Å²) in [7, 11) is 0. The highest BCUT2D eigenvalue weighted by molar-refractivity contribution is 6.03. The van der Waals surface area contributed by atoms with Crippen LogP contribution in [0.5, 0.6) is 0 Å². The van der Waals surface area contributed by atoms with Crippen LogP contribution in [0, 0.1) is 5.82 Å². The van der Waals surface area contributed by atoms with Gasteiger partial charge < -0.3 is 16.8 Å². The quantitative estimate of drug-likeness (QED) is 0.582.